The van der Waals surface area contributed by atoms with Crippen molar-refractivity contribution in [3.05, 3.63) is 34.4 Å². The van der Waals surface area contributed by atoms with Crippen molar-refractivity contribution in [1.29, 1.82) is 0 Å². The Morgan fingerprint density at radius 3 is 2.44 bits per heavy atom. The highest BCUT2D eigenvalue weighted by Crippen LogP contribution is 2.19. The molecule has 0 radical (unpaired) electrons. The Labute approximate surface area is 109 Å². The number of carbonyl (C=O) groups is 1. The molecule has 1 aromatic carbocycles. The highest BCUT2D eigenvalue weighted by Gasteiger charge is 2.23. The van der Waals surface area contributed by atoms with Gasteiger partial charge < -0.3 is 10.2 Å². The van der Waals surface area contributed by atoms with Crippen LogP contribution in [0.1, 0.15) is 34.0 Å². The van der Waals surface area contributed by atoms with E-state index in [1.807, 2.05) is 18.7 Å². The Bertz CT molecular complexity index is 445. The zero-order valence-corrected chi connectivity index (χ0v) is 11.7. The second kappa shape index (κ2) is 5.11. The second-order valence-electron chi connectivity index (χ2n) is 5.38. The zero-order chi connectivity index (χ0) is 13.3. The maximum atomic E-state index is 12.6. The highest BCUT2D eigenvalue weighted by molar-refractivity contribution is 5.97. The van der Waals surface area contributed by atoms with Gasteiger partial charge in [0, 0.05) is 31.2 Å². The topological polar surface area (TPSA) is 32.3 Å². The zero-order valence-electron chi connectivity index (χ0n) is 11.7. The van der Waals surface area contributed by atoms with Gasteiger partial charge in [0.2, 0.25) is 0 Å². The molecule has 1 heterocycles. The van der Waals surface area contributed by atoms with Crippen LogP contribution >= 0.6 is 0 Å². The van der Waals surface area contributed by atoms with Crippen molar-refractivity contribution in [2.45, 2.75) is 33.7 Å². The fourth-order valence-electron chi connectivity index (χ4n) is 2.79. The number of carbonyl (C=O) groups excluding carboxylic acids is 1. The molecule has 2 rings (SSSR count). The number of piperazine rings is 1. The molecule has 1 saturated heterocycles. The molecule has 1 atom stereocenters. The van der Waals surface area contributed by atoms with Crippen molar-refractivity contribution >= 4 is 5.91 Å². The van der Waals surface area contributed by atoms with Crippen LogP contribution < -0.4 is 5.32 Å². The van der Waals surface area contributed by atoms with E-state index in [4.69, 9.17) is 0 Å². The van der Waals surface area contributed by atoms with E-state index < -0.39 is 0 Å². The molecule has 0 aliphatic carbocycles. The maximum Gasteiger partial charge on any atom is 0.254 e. The molecule has 1 N–H and O–H groups in total. The maximum absolute atomic E-state index is 12.6. The molecule has 18 heavy (non-hydrogen) atoms. The van der Waals surface area contributed by atoms with E-state index in [2.05, 4.69) is 31.3 Å². The third-order valence-electron chi connectivity index (χ3n) is 3.55. The molecule has 3 nitrogen and oxygen atoms in total. The Morgan fingerprint density at radius 1 is 1.28 bits per heavy atom. The minimum absolute atomic E-state index is 0.179. The van der Waals surface area contributed by atoms with Crippen LogP contribution in [0.2, 0.25) is 0 Å². The van der Waals surface area contributed by atoms with E-state index in [0.29, 0.717) is 6.04 Å². The van der Waals surface area contributed by atoms with Gasteiger partial charge in [-0.05, 0) is 38.8 Å². The van der Waals surface area contributed by atoms with Crippen molar-refractivity contribution in [3.8, 4) is 0 Å². The molecule has 0 unspecified atom stereocenters. The quantitative estimate of drug-likeness (QED) is 0.822. The number of nitrogens with zero attached hydrogens (tertiary/aromatic N) is 1. The summed E-state index contributed by atoms with van der Waals surface area (Å²) in [5, 5.41) is 3.36. The summed E-state index contributed by atoms with van der Waals surface area (Å²) in [6.45, 7) is 10.7. The third kappa shape index (κ3) is 2.56. The molecule has 0 bridgehead atoms. The van der Waals surface area contributed by atoms with Crippen LogP contribution in [0.4, 0.5) is 0 Å². The minimum atomic E-state index is 0.179. The first-order valence-corrected chi connectivity index (χ1v) is 6.59. The lowest BCUT2D eigenvalue weighted by Gasteiger charge is -2.32. The minimum Gasteiger partial charge on any atom is -0.336 e. The Balaban J connectivity index is 2.28. The number of aryl methyl sites for hydroxylation is 3. The number of benzene rings is 1. The normalized spacial score (nSPS) is 20.0. The second-order valence-corrected chi connectivity index (χ2v) is 5.38. The predicted molar refractivity (Wildman–Crippen MR) is 74.0 cm³/mol. The largest absolute Gasteiger partial charge is 0.336 e. The lowest BCUT2D eigenvalue weighted by atomic mass is 9.98. The van der Waals surface area contributed by atoms with Crippen LogP contribution in [-0.4, -0.2) is 36.5 Å². The summed E-state index contributed by atoms with van der Waals surface area (Å²) in [6, 6.07) is 4.56. The molecule has 98 valence electrons. The Morgan fingerprint density at radius 2 is 1.89 bits per heavy atom. The van der Waals surface area contributed by atoms with E-state index in [1.165, 1.54) is 5.56 Å². The fourth-order valence-corrected chi connectivity index (χ4v) is 2.79. The summed E-state index contributed by atoms with van der Waals surface area (Å²) in [6.07, 6.45) is 0. The highest BCUT2D eigenvalue weighted by atomic mass is 16.2. The van der Waals surface area contributed by atoms with Crippen LogP contribution in [0.15, 0.2) is 12.1 Å². The van der Waals surface area contributed by atoms with Gasteiger partial charge in [-0.2, -0.15) is 0 Å². The van der Waals surface area contributed by atoms with Gasteiger partial charge in [0.05, 0.1) is 0 Å². The van der Waals surface area contributed by atoms with Crippen molar-refractivity contribution in [3.63, 3.8) is 0 Å². The van der Waals surface area contributed by atoms with Gasteiger partial charge in [-0.3, -0.25) is 4.79 Å². The summed E-state index contributed by atoms with van der Waals surface area (Å²) >= 11 is 0. The van der Waals surface area contributed by atoms with Gasteiger partial charge in [-0.15, -0.1) is 0 Å². The lowest BCUT2D eigenvalue weighted by Crippen LogP contribution is -2.51. The van der Waals surface area contributed by atoms with E-state index in [0.717, 1.165) is 36.3 Å². The van der Waals surface area contributed by atoms with E-state index >= 15 is 0 Å². The first-order chi connectivity index (χ1) is 8.49. The number of hydrogen-bond acceptors (Lipinski definition) is 2. The van der Waals surface area contributed by atoms with Crippen LogP contribution in [0.3, 0.4) is 0 Å². The average Bonchev–Trinajstić information content (AvgIpc) is 2.27. The van der Waals surface area contributed by atoms with Crippen molar-refractivity contribution < 1.29 is 4.79 Å². The van der Waals surface area contributed by atoms with E-state index in [-0.39, 0.29) is 5.91 Å². The number of rotatable bonds is 1. The molecule has 3 heteroatoms. The van der Waals surface area contributed by atoms with E-state index in [1.54, 1.807) is 0 Å². The van der Waals surface area contributed by atoms with Gasteiger partial charge in [0.25, 0.3) is 5.91 Å². The van der Waals surface area contributed by atoms with Crippen LogP contribution in [0.25, 0.3) is 0 Å². The van der Waals surface area contributed by atoms with Crippen LogP contribution in [0.5, 0.6) is 0 Å². The molecular formula is C15H22N2O. The fraction of sp³-hybridized carbons (Fsp3) is 0.533. The molecule has 1 aliphatic heterocycles. The SMILES string of the molecule is Cc1cc(C)c(C(=O)N2CCN[C@H](C)C2)c(C)c1. The van der Waals surface area contributed by atoms with Crippen molar-refractivity contribution in [2.24, 2.45) is 0 Å². The van der Waals surface area contributed by atoms with Crippen LogP contribution in [-0.2, 0) is 0 Å². The van der Waals surface area contributed by atoms with Gasteiger partial charge in [-0.25, -0.2) is 0 Å². The average molecular weight is 246 g/mol. The van der Waals surface area contributed by atoms with Crippen molar-refractivity contribution in [1.82, 2.24) is 10.2 Å². The third-order valence-corrected chi connectivity index (χ3v) is 3.55. The molecule has 0 aromatic heterocycles. The number of nitrogens with one attached hydrogen (secondary N) is 1. The molecular weight excluding hydrogens is 224 g/mol. The summed E-state index contributed by atoms with van der Waals surface area (Å²) in [7, 11) is 0. The number of amides is 1. The molecule has 0 spiro atoms. The molecule has 0 saturated carbocycles. The van der Waals surface area contributed by atoms with Crippen molar-refractivity contribution in [2.75, 3.05) is 19.6 Å². The molecule has 1 amide bonds. The smallest absolute Gasteiger partial charge is 0.254 e. The summed E-state index contributed by atoms with van der Waals surface area (Å²) in [5.41, 5.74) is 4.28. The van der Waals surface area contributed by atoms with Gasteiger partial charge in [-0.1, -0.05) is 17.7 Å². The first kappa shape index (κ1) is 13.1. The lowest BCUT2D eigenvalue weighted by molar-refractivity contribution is 0.0707. The summed E-state index contributed by atoms with van der Waals surface area (Å²) in [4.78, 5) is 14.6. The molecule has 1 aromatic rings. The Hall–Kier alpha value is -1.35. The molecule has 1 fully saturated rings. The van der Waals surface area contributed by atoms with Crippen LogP contribution in [0, 0.1) is 20.8 Å². The molecule has 1 aliphatic rings. The first-order valence-electron chi connectivity index (χ1n) is 6.59. The van der Waals surface area contributed by atoms with E-state index in [9.17, 15) is 4.79 Å². The summed E-state index contributed by atoms with van der Waals surface area (Å²) in [5.74, 6) is 0.179. The monoisotopic (exact) mass is 246 g/mol. The standard InChI is InChI=1S/C15H22N2O/c1-10-7-11(2)14(12(3)8-10)15(18)17-6-5-16-13(4)9-17/h7-8,13,16H,5-6,9H2,1-4H3/t13-/m1/s1. The van der Waals surface area contributed by atoms with Gasteiger partial charge in [0.1, 0.15) is 0 Å². The van der Waals surface area contributed by atoms with Gasteiger partial charge >= 0.3 is 0 Å². The number of hydrogen-bond donors (Lipinski definition) is 1. The Kier molecular flexibility index (Phi) is 3.71. The van der Waals surface area contributed by atoms with Gasteiger partial charge in [0.15, 0.2) is 0 Å². The predicted octanol–water partition coefficient (Wildman–Crippen LogP) is 2.05. The summed E-state index contributed by atoms with van der Waals surface area (Å²) < 4.78 is 0.